The molecule has 1 saturated carbocycles. The highest BCUT2D eigenvalue weighted by Gasteiger charge is 2.84. The van der Waals surface area contributed by atoms with E-state index >= 15 is 26.3 Å². The molecule has 75 heavy (non-hydrogen) atoms. The Bertz CT molecular complexity index is 3350. The minimum Gasteiger partial charge on any atom is -0.507 e. The monoisotopic (exact) mass is 1070 g/mol. The van der Waals surface area contributed by atoms with Crippen LogP contribution >= 0.6 is 34.9 Å². The molecule has 3 aliphatic carbocycles. The number of phenols is 1. The van der Waals surface area contributed by atoms with Gasteiger partial charge in [0.15, 0.2) is 0 Å². The summed E-state index contributed by atoms with van der Waals surface area (Å²) in [4.78, 5) is 6.11. The summed E-state index contributed by atoms with van der Waals surface area (Å²) >= 11 is 4.19. The molecule has 2 aliphatic heterocycles. The fraction of sp³-hybridized carbons (Fsp3) is 0.391. The highest BCUT2D eigenvalue weighted by Crippen LogP contribution is 2.75. The van der Waals surface area contributed by atoms with Crippen LogP contribution in [0, 0.1) is 6.92 Å². The van der Waals surface area contributed by atoms with Crippen molar-refractivity contribution in [3.63, 3.8) is 0 Å². The van der Waals surface area contributed by atoms with E-state index in [0.717, 1.165) is 113 Å². The first kappa shape index (κ1) is 52.1. The molecule has 6 aromatic rings. The number of thiazole rings is 1. The van der Waals surface area contributed by atoms with E-state index in [-0.39, 0.29) is 16.9 Å². The second kappa shape index (κ2) is 19.5. The van der Waals surface area contributed by atoms with Gasteiger partial charge in [-0.2, -0.15) is 26.3 Å². The Morgan fingerprint density at radius 1 is 0.520 bits per heavy atom. The number of aromatic nitrogens is 1. The van der Waals surface area contributed by atoms with E-state index in [2.05, 4.69) is 62.4 Å². The number of alkyl halides is 6. The number of hydrogen-bond acceptors (Lipinski definition) is 5. The Kier molecular flexibility index (Phi) is 13.5. The maximum Gasteiger partial charge on any atom is 0.380 e. The summed E-state index contributed by atoms with van der Waals surface area (Å²) in [5.41, 5.74) is 7.79. The van der Waals surface area contributed by atoms with Gasteiger partial charge in [0.05, 0.1) is 25.3 Å². The molecule has 5 aromatic carbocycles. The van der Waals surface area contributed by atoms with Crippen molar-refractivity contribution in [2.75, 3.05) is 0 Å². The van der Waals surface area contributed by atoms with E-state index in [1.165, 1.54) is 66.4 Å². The third kappa shape index (κ3) is 8.24. The Morgan fingerprint density at radius 2 is 1.03 bits per heavy atom. The number of unbranched alkanes of at least 4 members (excludes halogenated alkanes) is 10. The van der Waals surface area contributed by atoms with Crippen LogP contribution in [-0.4, -0.2) is 37.4 Å². The second-order valence-corrected chi connectivity index (χ2v) is 25.8. The summed E-state index contributed by atoms with van der Waals surface area (Å²) in [5.74, 6) is -15.7. The van der Waals surface area contributed by atoms with Crippen molar-refractivity contribution >= 4 is 54.9 Å². The molecule has 0 spiro atoms. The van der Waals surface area contributed by atoms with E-state index in [0.29, 0.717) is 20.9 Å². The zero-order valence-corrected chi connectivity index (χ0v) is 45.7. The number of rotatable bonds is 18. The third-order valence-electron chi connectivity index (χ3n) is 17.0. The van der Waals surface area contributed by atoms with Gasteiger partial charge in [0.1, 0.15) is 10.8 Å². The van der Waals surface area contributed by atoms with Gasteiger partial charge >= 0.3 is 17.8 Å². The number of allylic oxidation sites excluding steroid dienone is 4. The standard InChI is InChI=1S/C64H63F6NOS3/c1-6-8-10-12-14-19-31-61(32-20-15-13-11-9-7-2)47-34-41(42-26-29-51-55(36-42)73-58(71-51)46-33-39(3)23-30-52(46)72)24-27-44(47)45-28-25-43(35-48(45)61)54-38-50-57-56(62(65,66)64(69,70)63(57,67)68)49-37-53(40-21-17-16-18-22-40)74-59(49,4)60(50,5)75-54/h16-18,21-30,33-38,72H,6-15,19-20,31-32H2,1-5H3. The van der Waals surface area contributed by atoms with Crippen molar-refractivity contribution in [3.8, 4) is 38.6 Å². The quantitative estimate of drug-likeness (QED) is 0.0687. The second-order valence-electron chi connectivity index (χ2n) is 21.8. The number of thioether (sulfide) groups is 2. The van der Waals surface area contributed by atoms with Crippen LogP contribution < -0.4 is 0 Å². The first-order valence-electron chi connectivity index (χ1n) is 26.9. The van der Waals surface area contributed by atoms with E-state index < -0.39 is 43.8 Å². The van der Waals surface area contributed by atoms with Crippen LogP contribution in [0.4, 0.5) is 26.3 Å². The molecule has 3 heterocycles. The molecular formula is C64H63F6NOS3. The number of hydrogen-bond donors (Lipinski definition) is 1. The summed E-state index contributed by atoms with van der Waals surface area (Å²) in [6.45, 7) is 10.0. The van der Waals surface area contributed by atoms with Crippen molar-refractivity contribution in [1.82, 2.24) is 4.98 Å². The third-order valence-corrected chi connectivity index (χ3v) is 21.4. The molecule has 2 nitrogen and oxygen atoms in total. The van der Waals surface area contributed by atoms with Crippen LogP contribution in [0.15, 0.2) is 138 Å². The fourth-order valence-electron chi connectivity index (χ4n) is 12.7. The van der Waals surface area contributed by atoms with Crippen LogP contribution in [0.3, 0.4) is 0 Å². The predicted octanol–water partition coefficient (Wildman–Crippen LogP) is 20.3. The molecule has 0 radical (unpaired) electrons. The molecule has 0 bridgehead atoms. The van der Waals surface area contributed by atoms with Crippen LogP contribution in [0.25, 0.3) is 52.9 Å². The van der Waals surface area contributed by atoms with E-state index in [4.69, 9.17) is 4.98 Å². The lowest BCUT2D eigenvalue weighted by molar-refractivity contribution is -0.258. The number of aryl methyl sites for hydroxylation is 1. The van der Waals surface area contributed by atoms with Gasteiger partial charge in [0.25, 0.3) is 0 Å². The topological polar surface area (TPSA) is 33.1 Å². The van der Waals surface area contributed by atoms with Crippen LogP contribution in [0.2, 0.25) is 0 Å². The number of aromatic hydroxyl groups is 1. The highest BCUT2D eigenvalue weighted by molar-refractivity contribution is 8.14. The molecule has 1 N–H and O–H groups in total. The lowest BCUT2D eigenvalue weighted by atomic mass is 9.70. The predicted molar refractivity (Wildman–Crippen MR) is 302 cm³/mol. The zero-order valence-electron chi connectivity index (χ0n) is 43.3. The first-order valence-corrected chi connectivity index (χ1v) is 29.4. The molecule has 2 unspecified atom stereocenters. The molecule has 11 rings (SSSR count). The molecule has 0 saturated heterocycles. The van der Waals surface area contributed by atoms with Crippen molar-refractivity contribution in [2.24, 2.45) is 0 Å². The van der Waals surface area contributed by atoms with Gasteiger partial charge in [-0.1, -0.05) is 163 Å². The molecule has 1 aromatic heterocycles. The summed E-state index contributed by atoms with van der Waals surface area (Å²) in [7, 11) is 0. The number of nitrogens with zero attached hydrogens (tertiary/aromatic N) is 1. The van der Waals surface area contributed by atoms with Crippen molar-refractivity contribution in [1.29, 1.82) is 0 Å². The van der Waals surface area contributed by atoms with E-state index in [1.807, 2.05) is 55.5 Å². The van der Waals surface area contributed by atoms with Gasteiger partial charge in [0, 0.05) is 26.4 Å². The average Bonchev–Trinajstić information content (AvgIpc) is 4.32. The number of halogens is 6. The zero-order chi connectivity index (χ0) is 52.7. The maximum absolute atomic E-state index is 16.5. The molecule has 390 valence electrons. The van der Waals surface area contributed by atoms with Gasteiger partial charge < -0.3 is 5.11 Å². The molecular weight excluding hydrogens is 1010 g/mol. The summed E-state index contributed by atoms with van der Waals surface area (Å²) in [5, 5.41) is 11.5. The minimum absolute atomic E-state index is 0.152. The Morgan fingerprint density at radius 3 is 1.61 bits per heavy atom. The van der Waals surface area contributed by atoms with Crippen molar-refractivity contribution in [2.45, 2.75) is 157 Å². The van der Waals surface area contributed by atoms with E-state index in [9.17, 15) is 5.11 Å². The number of fused-ring (bicyclic) bond motifs is 8. The fourth-order valence-corrected chi connectivity index (χ4v) is 16.9. The molecule has 11 heteroatoms. The van der Waals surface area contributed by atoms with Crippen LogP contribution in [0.1, 0.15) is 145 Å². The van der Waals surface area contributed by atoms with Gasteiger partial charge in [-0.3, -0.25) is 0 Å². The van der Waals surface area contributed by atoms with Gasteiger partial charge in [-0.25, -0.2) is 4.98 Å². The molecule has 0 amide bonds. The Hall–Kier alpha value is -4.97. The van der Waals surface area contributed by atoms with Gasteiger partial charge in [-0.15, -0.1) is 34.9 Å². The highest BCUT2D eigenvalue weighted by atomic mass is 32.2. The summed E-state index contributed by atoms with van der Waals surface area (Å²) in [6, 6.07) is 34.3. The summed E-state index contributed by atoms with van der Waals surface area (Å²) in [6.07, 6.45) is 18.4. The maximum atomic E-state index is 16.5. The summed E-state index contributed by atoms with van der Waals surface area (Å²) < 4.78 is 95.7. The SMILES string of the molecule is CCCCCCCCC1(CCCCCCCC)c2cc(C3=CC4=C5C(=C6C=C(c7ccccc7)SC6(C)C4(C)S3)C(F)(F)C(F)(F)C5(F)F)ccc2-c2ccc(-c3ccc4nc(-c5cc(C)ccc5O)sc4c3)cc21. The molecule has 2 atom stereocenters. The number of benzene rings is 5. The normalized spacial score (nSPS) is 22.3. The first-order chi connectivity index (χ1) is 35.9. The van der Waals surface area contributed by atoms with Crippen molar-refractivity contribution < 1.29 is 31.4 Å². The minimum atomic E-state index is -5.63. The lowest BCUT2D eigenvalue weighted by Crippen LogP contribution is -2.48. The lowest BCUT2D eigenvalue weighted by Gasteiger charge is -2.47. The van der Waals surface area contributed by atoms with E-state index in [1.54, 1.807) is 37.3 Å². The van der Waals surface area contributed by atoms with Gasteiger partial charge in [-0.05, 0) is 138 Å². The van der Waals surface area contributed by atoms with Crippen LogP contribution in [-0.2, 0) is 5.41 Å². The molecule has 5 aliphatic rings. The smallest absolute Gasteiger partial charge is 0.380 e. The average molecular weight is 1070 g/mol. The Labute approximate surface area is 449 Å². The largest absolute Gasteiger partial charge is 0.507 e. The van der Waals surface area contributed by atoms with Crippen molar-refractivity contribution in [3.05, 3.63) is 165 Å². The van der Waals surface area contributed by atoms with Gasteiger partial charge in [0.2, 0.25) is 0 Å². The molecule has 1 fully saturated rings. The number of phenolic OH excluding ortho intramolecular Hbond substituents is 1. The van der Waals surface area contributed by atoms with Crippen LogP contribution in [0.5, 0.6) is 5.75 Å². The Balaban J connectivity index is 1.03.